The lowest BCUT2D eigenvalue weighted by Gasteiger charge is -2.03. The first-order valence-electron chi connectivity index (χ1n) is 4.25. The molecule has 0 fully saturated rings. The first kappa shape index (κ1) is 11.0. The average Bonchev–Trinajstić information content (AvgIpc) is 2.11. The molecule has 0 aliphatic rings. The molecule has 0 bridgehead atoms. The van der Waals surface area contributed by atoms with Crippen LogP contribution < -0.4 is 11.3 Å². The molecule has 0 atom stereocenters. The van der Waals surface area contributed by atoms with Crippen molar-refractivity contribution in [2.45, 2.75) is 26.7 Å². The van der Waals surface area contributed by atoms with Gasteiger partial charge in [-0.25, -0.2) is 0 Å². The average molecular weight is 166 g/mol. The maximum Gasteiger partial charge on any atom is 0.0482 e. The highest BCUT2D eigenvalue weighted by Crippen LogP contribution is 2.05. The second kappa shape index (κ2) is 6.68. The smallest absolute Gasteiger partial charge is 0.0482 e. The van der Waals surface area contributed by atoms with Gasteiger partial charge in [-0.3, -0.25) is 5.84 Å². The van der Waals surface area contributed by atoms with E-state index in [2.05, 4.69) is 25.0 Å². The van der Waals surface area contributed by atoms with Crippen LogP contribution in [0.1, 0.15) is 26.7 Å². The molecule has 0 saturated carbocycles. The van der Waals surface area contributed by atoms with Gasteiger partial charge in [0.25, 0.3) is 0 Å². The van der Waals surface area contributed by atoms with Crippen LogP contribution >= 0.6 is 0 Å². The normalized spacial score (nSPS) is 12.1. The molecule has 0 saturated heterocycles. The zero-order valence-electron chi connectivity index (χ0n) is 7.93. The lowest BCUT2D eigenvalue weighted by Crippen LogP contribution is -2.20. The molecule has 68 valence electrons. The Bertz CT molecular complexity index is 190. The molecule has 2 nitrogen and oxygen atoms in total. The lowest BCUT2D eigenvalue weighted by molar-refractivity contribution is 0.905. The van der Waals surface area contributed by atoms with Gasteiger partial charge >= 0.3 is 0 Å². The second-order valence-electron chi connectivity index (χ2n) is 2.56. The van der Waals surface area contributed by atoms with Crippen LogP contribution in [-0.2, 0) is 0 Å². The van der Waals surface area contributed by atoms with Crippen LogP contribution in [0.2, 0.25) is 0 Å². The van der Waals surface area contributed by atoms with Crippen LogP contribution in [0.15, 0.2) is 36.1 Å². The van der Waals surface area contributed by atoms with E-state index in [1.165, 1.54) is 0 Å². The summed E-state index contributed by atoms with van der Waals surface area (Å²) in [5.74, 6) is 5.23. The molecule has 0 unspecified atom stereocenters. The number of hydrazine groups is 1. The molecule has 3 N–H and O–H groups in total. The van der Waals surface area contributed by atoms with Gasteiger partial charge in [0.15, 0.2) is 0 Å². The Balaban J connectivity index is 4.10. The van der Waals surface area contributed by atoms with E-state index < -0.39 is 0 Å². The third-order valence-electron chi connectivity index (χ3n) is 1.59. The molecule has 0 aromatic heterocycles. The molecule has 0 spiro atoms. The molecule has 12 heavy (non-hydrogen) atoms. The zero-order chi connectivity index (χ0) is 9.40. The Morgan fingerprint density at radius 2 is 2.25 bits per heavy atom. The summed E-state index contributed by atoms with van der Waals surface area (Å²) in [5, 5.41) is 0. The standard InChI is InChI=1S/C10H18N2/c1-4-6-7-8-10(5-2)9(3)12-11/h5,7-8,12H,3-4,6,11H2,1-2H3/b8-7-,10-5+. The number of nitrogens with one attached hydrogen (secondary N) is 1. The van der Waals surface area contributed by atoms with Gasteiger partial charge in [-0.1, -0.05) is 38.2 Å². The molecule has 0 aliphatic carbocycles. The molecule has 0 aromatic carbocycles. The topological polar surface area (TPSA) is 38.0 Å². The van der Waals surface area contributed by atoms with Gasteiger partial charge in [0, 0.05) is 5.70 Å². The highest BCUT2D eigenvalue weighted by molar-refractivity contribution is 5.35. The van der Waals surface area contributed by atoms with Crippen molar-refractivity contribution in [2.24, 2.45) is 5.84 Å². The highest BCUT2D eigenvalue weighted by atomic mass is 15.2. The monoisotopic (exact) mass is 166 g/mol. The van der Waals surface area contributed by atoms with E-state index in [1.807, 2.05) is 19.1 Å². The second-order valence-corrected chi connectivity index (χ2v) is 2.56. The van der Waals surface area contributed by atoms with E-state index in [9.17, 15) is 0 Å². The van der Waals surface area contributed by atoms with Crippen LogP contribution in [0.5, 0.6) is 0 Å². The SMILES string of the molecule is C=C(NN)C(/C=C\CCC)=C/C. The van der Waals surface area contributed by atoms with Gasteiger partial charge in [0.05, 0.1) is 0 Å². The number of unbranched alkanes of at least 4 members (excludes halogenated alkanes) is 1. The quantitative estimate of drug-likeness (QED) is 0.373. The predicted molar refractivity (Wildman–Crippen MR) is 54.3 cm³/mol. The summed E-state index contributed by atoms with van der Waals surface area (Å²) in [5.41, 5.74) is 4.33. The van der Waals surface area contributed by atoms with E-state index in [-0.39, 0.29) is 0 Å². The number of hydrogen-bond acceptors (Lipinski definition) is 2. The Labute approximate surface area is 74.8 Å². The third kappa shape index (κ3) is 3.98. The van der Waals surface area contributed by atoms with E-state index in [4.69, 9.17) is 5.84 Å². The van der Waals surface area contributed by atoms with Gasteiger partial charge in [-0.15, -0.1) is 0 Å². The maximum atomic E-state index is 5.23. The molecule has 0 rings (SSSR count). The van der Waals surface area contributed by atoms with Gasteiger partial charge in [0.2, 0.25) is 0 Å². The first-order chi connectivity index (χ1) is 5.76. The van der Waals surface area contributed by atoms with Crippen molar-refractivity contribution in [2.75, 3.05) is 0 Å². The summed E-state index contributed by atoms with van der Waals surface area (Å²) >= 11 is 0. The van der Waals surface area contributed by atoms with E-state index in [0.717, 1.165) is 24.1 Å². The molecule has 0 heterocycles. The minimum Gasteiger partial charge on any atom is -0.324 e. The molecular formula is C10H18N2. The van der Waals surface area contributed by atoms with Crippen LogP contribution in [0.4, 0.5) is 0 Å². The Morgan fingerprint density at radius 1 is 1.58 bits per heavy atom. The Kier molecular flexibility index (Phi) is 6.11. The van der Waals surface area contributed by atoms with Crippen molar-refractivity contribution in [1.82, 2.24) is 5.43 Å². The fraction of sp³-hybridized carbons (Fsp3) is 0.400. The number of rotatable bonds is 5. The summed E-state index contributed by atoms with van der Waals surface area (Å²) in [6, 6.07) is 0. The molecule has 2 heteroatoms. The molecule has 0 radical (unpaired) electrons. The van der Waals surface area contributed by atoms with Gasteiger partial charge in [0.1, 0.15) is 0 Å². The van der Waals surface area contributed by atoms with E-state index in [0.29, 0.717) is 0 Å². The number of nitrogens with two attached hydrogens (primary N) is 1. The maximum absolute atomic E-state index is 5.23. The summed E-state index contributed by atoms with van der Waals surface area (Å²) in [6.07, 6.45) is 8.39. The number of allylic oxidation sites excluding steroid dienone is 3. The lowest BCUT2D eigenvalue weighted by atomic mass is 10.1. The van der Waals surface area contributed by atoms with E-state index in [1.54, 1.807) is 0 Å². The summed E-state index contributed by atoms with van der Waals surface area (Å²) in [7, 11) is 0. The van der Waals surface area contributed by atoms with Crippen molar-refractivity contribution in [3.63, 3.8) is 0 Å². The van der Waals surface area contributed by atoms with Crippen LogP contribution in [0.25, 0.3) is 0 Å². The van der Waals surface area contributed by atoms with E-state index >= 15 is 0 Å². The van der Waals surface area contributed by atoms with Gasteiger partial charge in [-0.05, 0) is 18.9 Å². The highest BCUT2D eigenvalue weighted by Gasteiger charge is 1.92. The summed E-state index contributed by atoms with van der Waals surface area (Å²) < 4.78 is 0. The first-order valence-corrected chi connectivity index (χ1v) is 4.25. The van der Waals surface area contributed by atoms with Crippen molar-refractivity contribution in [3.05, 3.63) is 36.1 Å². The van der Waals surface area contributed by atoms with Crippen molar-refractivity contribution < 1.29 is 0 Å². The van der Waals surface area contributed by atoms with Gasteiger partial charge < -0.3 is 5.43 Å². The molecule has 0 amide bonds. The summed E-state index contributed by atoms with van der Waals surface area (Å²) in [6.45, 7) is 7.88. The van der Waals surface area contributed by atoms with Crippen LogP contribution in [-0.4, -0.2) is 0 Å². The van der Waals surface area contributed by atoms with Crippen molar-refractivity contribution in [1.29, 1.82) is 0 Å². The van der Waals surface area contributed by atoms with Gasteiger partial charge in [-0.2, -0.15) is 0 Å². The fourth-order valence-electron chi connectivity index (χ4n) is 0.831. The Hall–Kier alpha value is -1.02. The minimum atomic E-state index is 0.754. The third-order valence-corrected chi connectivity index (χ3v) is 1.59. The Morgan fingerprint density at radius 3 is 2.67 bits per heavy atom. The van der Waals surface area contributed by atoms with Crippen molar-refractivity contribution in [3.8, 4) is 0 Å². The minimum absolute atomic E-state index is 0.754. The predicted octanol–water partition coefficient (Wildman–Crippen LogP) is 2.27. The largest absolute Gasteiger partial charge is 0.324 e. The van der Waals surface area contributed by atoms with Crippen molar-refractivity contribution >= 4 is 0 Å². The zero-order valence-corrected chi connectivity index (χ0v) is 7.93. The van der Waals surface area contributed by atoms with Crippen LogP contribution in [0, 0.1) is 0 Å². The molecular weight excluding hydrogens is 148 g/mol. The summed E-state index contributed by atoms with van der Waals surface area (Å²) in [4.78, 5) is 0. The number of hydrogen-bond donors (Lipinski definition) is 2. The van der Waals surface area contributed by atoms with Crippen LogP contribution in [0.3, 0.4) is 0 Å². The molecule has 0 aromatic rings. The molecule has 0 aliphatic heterocycles. The fourth-order valence-corrected chi connectivity index (χ4v) is 0.831.